The van der Waals surface area contributed by atoms with Crippen LogP contribution in [0.15, 0.2) is 0 Å². The van der Waals surface area contributed by atoms with Gasteiger partial charge in [-0.15, -0.1) is 0 Å². The Hall–Kier alpha value is 0.0900. The number of rotatable bonds is 3. The van der Waals surface area contributed by atoms with E-state index in [1.54, 1.807) is 0 Å². The van der Waals surface area contributed by atoms with Crippen molar-refractivity contribution in [3.8, 4) is 0 Å². The van der Waals surface area contributed by atoms with Crippen LogP contribution >= 0.6 is 9.21 Å². The Morgan fingerprint density at radius 3 is 2.00 bits per heavy atom. The summed E-state index contributed by atoms with van der Waals surface area (Å²) in [7, 11) is -0.397. The van der Waals surface area contributed by atoms with E-state index in [1.165, 1.54) is 6.42 Å². The fourth-order valence-electron chi connectivity index (χ4n) is 1.61. The first kappa shape index (κ1) is 9.18. The third kappa shape index (κ3) is 1.81. The zero-order valence-corrected chi connectivity index (χ0v) is 9.16. The first-order valence-electron chi connectivity index (χ1n) is 4.33. The molecule has 0 amide bonds. The van der Waals surface area contributed by atoms with Crippen LogP contribution in [0.25, 0.3) is 0 Å². The smallest absolute Gasteiger partial charge is 0.00128 e. The molecule has 11 heavy (non-hydrogen) atoms. The van der Waals surface area contributed by atoms with Gasteiger partial charge in [-0.25, -0.2) is 0 Å². The summed E-state index contributed by atoms with van der Waals surface area (Å²) in [4.78, 5) is 0. The Balaban J connectivity index is 2.69. The summed E-state index contributed by atoms with van der Waals surface area (Å²) >= 11 is 0. The lowest BCUT2D eigenvalue weighted by Crippen LogP contribution is -2.19. The van der Waals surface area contributed by atoms with Crippen LogP contribution in [0.5, 0.6) is 0 Å². The highest BCUT2D eigenvalue weighted by atomic mass is 32.2. The van der Waals surface area contributed by atoms with Crippen molar-refractivity contribution in [2.45, 2.75) is 38.9 Å². The summed E-state index contributed by atoms with van der Waals surface area (Å²) in [5.41, 5.74) is 0. The third-order valence-corrected chi connectivity index (χ3v) is 6.27. The second-order valence-corrected chi connectivity index (χ2v) is 8.42. The predicted octanol–water partition coefficient (Wildman–Crippen LogP) is 2.86. The minimum absolute atomic E-state index is 0.397. The molecule has 1 rings (SSSR count). The largest absolute Gasteiger partial charge is 0.198 e. The van der Waals surface area contributed by atoms with Gasteiger partial charge in [0.05, 0.1) is 0 Å². The van der Waals surface area contributed by atoms with E-state index in [0.717, 1.165) is 5.92 Å². The number of hydrogen-bond donors (Lipinski definition) is 0. The summed E-state index contributed by atoms with van der Waals surface area (Å²) < 4.78 is 0.543. The number of hydrogen-bond acceptors (Lipinski definition) is 0. The van der Waals surface area contributed by atoms with E-state index in [1.807, 2.05) is 0 Å². The van der Waals surface area contributed by atoms with Gasteiger partial charge in [-0.05, 0) is 29.3 Å². The molecule has 0 nitrogen and oxygen atoms in total. The Bertz CT molecular complexity index is 247. The second-order valence-electron chi connectivity index (χ2n) is 4.68. The van der Waals surface area contributed by atoms with Crippen LogP contribution in [-0.2, 0) is 0 Å². The first-order chi connectivity index (χ1) is 4.87. The van der Waals surface area contributed by atoms with Gasteiger partial charge >= 0.3 is 0 Å². The molecule has 0 unspecified atom stereocenters. The van der Waals surface area contributed by atoms with Crippen molar-refractivity contribution in [3.05, 3.63) is 0 Å². The van der Waals surface area contributed by atoms with Gasteiger partial charge in [0, 0.05) is 4.75 Å². The highest BCUT2D eigenvalue weighted by molar-refractivity contribution is 8.38. The molecule has 0 saturated heterocycles. The predicted molar refractivity (Wildman–Crippen MR) is 59.2 cm³/mol. The maximum Gasteiger partial charge on any atom is 0.00128 e. The topological polar surface area (TPSA) is 0 Å². The van der Waals surface area contributed by atoms with Crippen molar-refractivity contribution in [2.75, 3.05) is 6.26 Å². The maximum absolute atomic E-state index is 2.41. The summed E-state index contributed by atoms with van der Waals surface area (Å²) in [5.74, 6) is 0.830. The molecule has 0 saturated carbocycles. The molecular formula is C10H20S. The lowest BCUT2D eigenvalue weighted by atomic mass is 10.0. The van der Waals surface area contributed by atoms with Crippen LogP contribution in [0.2, 0.25) is 0 Å². The monoisotopic (exact) mass is 172 g/mol. The quantitative estimate of drug-likeness (QED) is 0.574. The molecule has 0 radical (unpaired) electrons. The molecule has 0 spiro atoms. The van der Waals surface area contributed by atoms with Gasteiger partial charge in [0.25, 0.3) is 0 Å². The Morgan fingerprint density at radius 2 is 1.73 bits per heavy atom. The van der Waals surface area contributed by atoms with Crippen molar-refractivity contribution < 1.29 is 0 Å². The molecule has 0 atom stereocenters. The van der Waals surface area contributed by atoms with E-state index in [9.17, 15) is 0 Å². The standard InChI is InChI=1S/C10H20S/c1-9(2)8-10(3,4)11(5)6-7-11/h6-7,9H,8H2,1-5H3. The molecule has 0 aromatic heterocycles. The molecule has 0 fully saturated rings. The van der Waals surface area contributed by atoms with E-state index >= 15 is 0 Å². The maximum atomic E-state index is 2.41. The zero-order chi connectivity index (χ0) is 8.70. The van der Waals surface area contributed by atoms with Crippen LogP contribution in [0.3, 0.4) is 0 Å². The SMILES string of the molecule is CC(C)CC(C)(C)S1(C)=CC=1. The first-order valence-corrected chi connectivity index (χ1v) is 6.50. The molecule has 0 aromatic carbocycles. The molecule has 1 aliphatic rings. The van der Waals surface area contributed by atoms with Crippen molar-refractivity contribution in [2.24, 2.45) is 5.92 Å². The van der Waals surface area contributed by atoms with Crippen molar-refractivity contribution in [1.29, 1.82) is 0 Å². The molecule has 66 valence electrons. The molecule has 1 heteroatoms. The van der Waals surface area contributed by atoms with Crippen LogP contribution in [0.1, 0.15) is 34.1 Å². The summed E-state index contributed by atoms with van der Waals surface area (Å²) in [6.45, 7) is 9.44. The summed E-state index contributed by atoms with van der Waals surface area (Å²) in [5, 5.41) is 4.82. The molecule has 0 bridgehead atoms. The summed E-state index contributed by atoms with van der Waals surface area (Å²) in [6.07, 6.45) is 3.77. The Kier molecular flexibility index (Phi) is 2.13. The van der Waals surface area contributed by atoms with Gasteiger partial charge < -0.3 is 0 Å². The van der Waals surface area contributed by atoms with Crippen molar-refractivity contribution in [1.82, 2.24) is 0 Å². The lowest BCUT2D eigenvalue weighted by molar-refractivity contribution is 0.503. The van der Waals surface area contributed by atoms with Gasteiger partial charge in [-0.3, -0.25) is 0 Å². The highest BCUT2D eigenvalue weighted by Gasteiger charge is 2.27. The zero-order valence-electron chi connectivity index (χ0n) is 8.35. The van der Waals surface area contributed by atoms with Gasteiger partial charge in [-0.2, -0.15) is 9.21 Å². The Labute approximate surface area is 71.5 Å². The molecule has 1 heterocycles. The summed E-state index contributed by atoms with van der Waals surface area (Å²) in [6, 6.07) is 0. The van der Waals surface area contributed by atoms with Gasteiger partial charge in [-0.1, -0.05) is 27.7 Å². The molecule has 0 aromatic rings. The minimum Gasteiger partial charge on any atom is -0.198 e. The van der Waals surface area contributed by atoms with Crippen molar-refractivity contribution in [3.63, 3.8) is 0 Å². The van der Waals surface area contributed by atoms with E-state index in [2.05, 4.69) is 44.7 Å². The lowest BCUT2D eigenvalue weighted by Gasteiger charge is -2.29. The Morgan fingerprint density at radius 1 is 1.27 bits per heavy atom. The van der Waals surface area contributed by atoms with Gasteiger partial charge in [0.1, 0.15) is 0 Å². The highest BCUT2D eigenvalue weighted by Crippen LogP contribution is 2.45. The van der Waals surface area contributed by atoms with E-state index < -0.39 is 9.21 Å². The van der Waals surface area contributed by atoms with Crippen molar-refractivity contribution >= 4 is 19.9 Å². The van der Waals surface area contributed by atoms with Crippen LogP contribution < -0.4 is 0 Å². The van der Waals surface area contributed by atoms with Crippen LogP contribution in [0, 0.1) is 5.92 Å². The minimum atomic E-state index is -0.397. The van der Waals surface area contributed by atoms with E-state index in [-0.39, 0.29) is 0 Å². The van der Waals surface area contributed by atoms with Crippen LogP contribution in [-0.4, -0.2) is 21.7 Å². The third-order valence-electron chi connectivity index (χ3n) is 2.63. The molecule has 1 aliphatic heterocycles. The fraction of sp³-hybridized carbons (Fsp3) is 0.800. The average molecular weight is 172 g/mol. The average Bonchev–Trinajstić information content (AvgIpc) is 2.44. The fourth-order valence-corrected chi connectivity index (χ4v) is 3.71. The molecule has 0 N–H and O–H groups in total. The van der Waals surface area contributed by atoms with Gasteiger partial charge in [0.2, 0.25) is 0 Å². The van der Waals surface area contributed by atoms with Gasteiger partial charge in [0.15, 0.2) is 0 Å². The van der Waals surface area contributed by atoms with E-state index in [0.29, 0.717) is 4.75 Å². The second kappa shape index (κ2) is 2.55. The van der Waals surface area contributed by atoms with Crippen LogP contribution in [0.4, 0.5) is 0 Å². The molecule has 0 aliphatic carbocycles. The van der Waals surface area contributed by atoms with E-state index in [4.69, 9.17) is 0 Å². The molecular weight excluding hydrogens is 152 g/mol. The normalized spacial score (nSPS) is 20.9.